The van der Waals surface area contributed by atoms with Crippen LogP contribution in [0.2, 0.25) is 0 Å². The Hall–Kier alpha value is -2.09. The summed E-state index contributed by atoms with van der Waals surface area (Å²) in [6.45, 7) is 3.35. The molecule has 0 amide bonds. The molecule has 0 heterocycles. The van der Waals surface area contributed by atoms with Crippen LogP contribution in [0.3, 0.4) is 0 Å². The van der Waals surface area contributed by atoms with Crippen LogP contribution >= 0.6 is 0 Å². The molecule has 2 heteroatoms. The Labute approximate surface area is 101 Å². The van der Waals surface area contributed by atoms with Gasteiger partial charge in [-0.1, -0.05) is 49.0 Å². The van der Waals surface area contributed by atoms with Gasteiger partial charge in [-0.25, -0.2) is 0 Å². The summed E-state index contributed by atoms with van der Waals surface area (Å²) in [4.78, 5) is 11.2. The van der Waals surface area contributed by atoms with Gasteiger partial charge < -0.3 is 4.74 Å². The maximum absolute atomic E-state index is 11.2. The number of benzene rings is 2. The fraction of sp³-hybridized carbons (Fsp3) is 0.133. The SMILES string of the molecule is C=COC(=O)CCc1ccc2ccccc2c1. The van der Waals surface area contributed by atoms with Crippen LogP contribution in [-0.2, 0) is 16.0 Å². The molecule has 0 fully saturated rings. The zero-order chi connectivity index (χ0) is 12.1. The fourth-order valence-corrected chi connectivity index (χ4v) is 1.79. The highest BCUT2D eigenvalue weighted by Crippen LogP contribution is 2.16. The zero-order valence-corrected chi connectivity index (χ0v) is 9.56. The Morgan fingerprint density at radius 2 is 1.94 bits per heavy atom. The predicted octanol–water partition coefficient (Wildman–Crippen LogP) is 3.46. The van der Waals surface area contributed by atoms with Crippen LogP contribution in [0.1, 0.15) is 12.0 Å². The first-order valence-corrected chi connectivity index (χ1v) is 5.57. The number of hydrogen-bond donors (Lipinski definition) is 0. The lowest BCUT2D eigenvalue weighted by Crippen LogP contribution is -2.01. The van der Waals surface area contributed by atoms with Gasteiger partial charge in [-0.05, 0) is 22.8 Å². The van der Waals surface area contributed by atoms with Crippen LogP contribution in [0.15, 0.2) is 55.3 Å². The van der Waals surface area contributed by atoms with E-state index in [2.05, 4.69) is 35.6 Å². The molecule has 0 saturated carbocycles. The molecule has 0 bridgehead atoms. The molecular formula is C15H14O2. The second-order valence-corrected chi connectivity index (χ2v) is 3.84. The summed E-state index contributed by atoms with van der Waals surface area (Å²) in [7, 11) is 0. The summed E-state index contributed by atoms with van der Waals surface area (Å²) in [5.41, 5.74) is 1.14. The van der Waals surface area contributed by atoms with Crippen molar-refractivity contribution in [2.45, 2.75) is 12.8 Å². The second-order valence-electron chi connectivity index (χ2n) is 3.84. The van der Waals surface area contributed by atoms with Gasteiger partial charge in [0.05, 0.1) is 6.26 Å². The highest BCUT2D eigenvalue weighted by molar-refractivity contribution is 5.83. The summed E-state index contributed by atoms with van der Waals surface area (Å²) >= 11 is 0. The fourth-order valence-electron chi connectivity index (χ4n) is 1.79. The average molecular weight is 226 g/mol. The van der Waals surface area contributed by atoms with Crippen LogP contribution in [-0.4, -0.2) is 5.97 Å². The number of fused-ring (bicyclic) bond motifs is 1. The van der Waals surface area contributed by atoms with E-state index in [1.807, 2.05) is 18.2 Å². The largest absolute Gasteiger partial charge is 0.435 e. The van der Waals surface area contributed by atoms with E-state index in [4.69, 9.17) is 0 Å². The van der Waals surface area contributed by atoms with E-state index in [1.165, 1.54) is 17.0 Å². The molecule has 17 heavy (non-hydrogen) atoms. The lowest BCUT2D eigenvalue weighted by molar-refractivity contribution is -0.137. The number of aryl methyl sites for hydroxylation is 1. The summed E-state index contributed by atoms with van der Waals surface area (Å²) in [5, 5.41) is 2.41. The standard InChI is InChI=1S/C15H14O2/c1-2-17-15(16)10-8-12-7-9-13-5-3-4-6-14(13)11-12/h2-7,9,11H,1,8,10H2. The number of rotatable bonds is 4. The van der Waals surface area contributed by atoms with Crippen LogP contribution in [0.4, 0.5) is 0 Å². The number of carbonyl (C=O) groups excluding carboxylic acids is 1. The molecule has 2 aromatic carbocycles. The molecule has 0 aliphatic carbocycles. The molecule has 0 aromatic heterocycles. The molecule has 0 aliphatic rings. The van der Waals surface area contributed by atoms with Gasteiger partial charge in [-0.15, -0.1) is 0 Å². The van der Waals surface area contributed by atoms with E-state index in [-0.39, 0.29) is 5.97 Å². The molecule has 0 spiro atoms. The maximum Gasteiger partial charge on any atom is 0.310 e. The number of esters is 1. The average Bonchev–Trinajstić information content (AvgIpc) is 2.36. The van der Waals surface area contributed by atoms with Gasteiger partial charge in [0.2, 0.25) is 0 Å². The predicted molar refractivity (Wildman–Crippen MR) is 68.6 cm³/mol. The van der Waals surface area contributed by atoms with Crippen molar-refractivity contribution in [1.29, 1.82) is 0 Å². The molecule has 0 N–H and O–H groups in total. The third-order valence-electron chi connectivity index (χ3n) is 2.65. The van der Waals surface area contributed by atoms with Crippen LogP contribution < -0.4 is 0 Å². The van der Waals surface area contributed by atoms with E-state index in [0.29, 0.717) is 12.8 Å². The molecular weight excluding hydrogens is 212 g/mol. The smallest absolute Gasteiger partial charge is 0.310 e. The van der Waals surface area contributed by atoms with Crippen molar-refractivity contribution in [3.05, 3.63) is 60.9 Å². The molecule has 0 radical (unpaired) electrons. The van der Waals surface area contributed by atoms with Crippen LogP contribution in [0, 0.1) is 0 Å². The molecule has 2 rings (SSSR count). The number of ether oxygens (including phenoxy) is 1. The highest BCUT2D eigenvalue weighted by Gasteiger charge is 2.02. The van der Waals surface area contributed by atoms with E-state index in [1.54, 1.807) is 0 Å². The normalized spacial score (nSPS) is 10.1. The third kappa shape index (κ3) is 2.94. The van der Waals surface area contributed by atoms with Gasteiger partial charge in [0.25, 0.3) is 0 Å². The van der Waals surface area contributed by atoms with E-state index < -0.39 is 0 Å². The first-order valence-electron chi connectivity index (χ1n) is 5.57. The van der Waals surface area contributed by atoms with Gasteiger partial charge in [-0.2, -0.15) is 0 Å². The van der Waals surface area contributed by atoms with Crippen LogP contribution in [0.25, 0.3) is 10.8 Å². The molecule has 0 atom stereocenters. The molecule has 86 valence electrons. The second kappa shape index (κ2) is 5.30. The topological polar surface area (TPSA) is 26.3 Å². The van der Waals surface area contributed by atoms with Crippen molar-refractivity contribution in [2.75, 3.05) is 0 Å². The highest BCUT2D eigenvalue weighted by atomic mass is 16.5. The molecule has 0 unspecified atom stereocenters. The first-order chi connectivity index (χ1) is 8.29. The van der Waals surface area contributed by atoms with Crippen molar-refractivity contribution in [2.24, 2.45) is 0 Å². The minimum absolute atomic E-state index is 0.242. The van der Waals surface area contributed by atoms with Crippen molar-refractivity contribution >= 4 is 16.7 Å². The Kier molecular flexibility index (Phi) is 3.55. The van der Waals surface area contributed by atoms with Crippen molar-refractivity contribution < 1.29 is 9.53 Å². The summed E-state index contributed by atoms with van der Waals surface area (Å²) in [6, 6.07) is 14.4. The number of hydrogen-bond acceptors (Lipinski definition) is 2. The summed E-state index contributed by atoms with van der Waals surface area (Å²) < 4.78 is 4.68. The Balaban J connectivity index is 2.09. The molecule has 2 aromatic rings. The van der Waals surface area contributed by atoms with Gasteiger partial charge in [0, 0.05) is 6.42 Å². The monoisotopic (exact) mass is 226 g/mol. The summed E-state index contributed by atoms with van der Waals surface area (Å²) in [6.07, 6.45) is 2.24. The van der Waals surface area contributed by atoms with Gasteiger partial charge >= 0.3 is 5.97 Å². The Morgan fingerprint density at radius 1 is 1.18 bits per heavy atom. The maximum atomic E-state index is 11.2. The lowest BCUT2D eigenvalue weighted by Gasteiger charge is -2.03. The molecule has 0 saturated heterocycles. The van der Waals surface area contributed by atoms with E-state index in [0.717, 1.165) is 5.56 Å². The molecule has 2 nitrogen and oxygen atoms in total. The van der Waals surface area contributed by atoms with Crippen molar-refractivity contribution in [3.63, 3.8) is 0 Å². The van der Waals surface area contributed by atoms with E-state index in [9.17, 15) is 4.79 Å². The third-order valence-corrected chi connectivity index (χ3v) is 2.65. The zero-order valence-electron chi connectivity index (χ0n) is 9.56. The Morgan fingerprint density at radius 3 is 2.71 bits per heavy atom. The molecule has 0 aliphatic heterocycles. The Bertz CT molecular complexity index is 543. The first kappa shape index (κ1) is 11.4. The van der Waals surface area contributed by atoms with Crippen molar-refractivity contribution in [1.82, 2.24) is 0 Å². The quantitative estimate of drug-likeness (QED) is 0.589. The van der Waals surface area contributed by atoms with Crippen LogP contribution in [0.5, 0.6) is 0 Å². The number of carbonyl (C=O) groups is 1. The van der Waals surface area contributed by atoms with Gasteiger partial charge in [0.1, 0.15) is 0 Å². The minimum Gasteiger partial charge on any atom is -0.435 e. The van der Waals surface area contributed by atoms with E-state index >= 15 is 0 Å². The lowest BCUT2D eigenvalue weighted by atomic mass is 10.0. The minimum atomic E-state index is -0.242. The van der Waals surface area contributed by atoms with Crippen molar-refractivity contribution in [3.8, 4) is 0 Å². The summed E-state index contributed by atoms with van der Waals surface area (Å²) in [5.74, 6) is -0.242. The van der Waals surface area contributed by atoms with Gasteiger partial charge in [0.15, 0.2) is 0 Å². The van der Waals surface area contributed by atoms with Gasteiger partial charge in [-0.3, -0.25) is 4.79 Å².